The number of carbonyl (C=O) groups is 2. The van der Waals surface area contributed by atoms with Crippen LogP contribution in [0.25, 0.3) is 0 Å². The van der Waals surface area contributed by atoms with Crippen LogP contribution in [0.5, 0.6) is 0 Å². The van der Waals surface area contributed by atoms with Gasteiger partial charge in [-0.2, -0.15) is 0 Å². The van der Waals surface area contributed by atoms with Crippen molar-refractivity contribution in [3.8, 4) is 0 Å². The van der Waals surface area contributed by atoms with Gasteiger partial charge in [0.2, 0.25) is 5.39 Å². The molecule has 12 heteroatoms. The highest BCUT2D eigenvalue weighted by molar-refractivity contribution is 6.50. The summed E-state index contributed by atoms with van der Waals surface area (Å²) in [5.41, 5.74) is 5.18. The molecule has 0 aliphatic rings. The summed E-state index contributed by atoms with van der Waals surface area (Å²) in [5.74, 6) is -2.40. The van der Waals surface area contributed by atoms with Crippen LogP contribution < -0.4 is 11.1 Å². The lowest BCUT2D eigenvalue weighted by molar-refractivity contribution is -0.175. The third kappa shape index (κ3) is 10.3. The second-order valence-corrected chi connectivity index (χ2v) is 2.95. The van der Waals surface area contributed by atoms with Crippen LogP contribution in [0.2, 0.25) is 0 Å². The minimum atomic E-state index is -6.00. The summed E-state index contributed by atoms with van der Waals surface area (Å²) in [5, 5.41) is 28.1. The Morgan fingerprint density at radius 1 is 1.00 bits per heavy atom. The maximum atomic E-state index is 10.5. The zero-order valence-corrected chi connectivity index (χ0v) is 9.56. The van der Waals surface area contributed by atoms with Gasteiger partial charge in [0.25, 0.3) is 0 Å². The first-order valence-electron chi connectivity index (χ1n) is 4.47. The lowest BCUT2D eigenvalue weighted by Gasteiger charge is -1.99. The van der Waals surface area contributed by atoms with Crippen molar-refractivity contribution in [1.29, 1.82) is 5.39 Å². The van der Waals surface area contributed by atoms with E-state index in [9.17, 15) is 26.9 Å². The van der Waals surface area contributed by atoms with Gasteiger partial charge < -0.3 is 33.2 Å². The molecule has 1 aromatic rings. The highest BCUT2D eigenvalue weighted by Crippen LogP contribution is 2.12. The van der Waals surface area contributed by atoms with Gasteiger partial charge in [-0.3, -0.25) is 0 Å². The Balaban J connectivity index is 0. The van der Waals surface area contributed by atoms with E-state index in [-0.39, 0.29) is 16.8 Å². The number of rotatable bonds is 2. The molecule has 1 rings (SSSR count). The summed E-state index contributed by atoms with van der Waals surface area (Å²) < 4.78 is 39.0. The lowest BCUT2D eigenvalue weighted by atomic mass is 10.1. The first kappa shape index (κ1) is 19.5. The summed E-state index contributed by atoms with van der Waals surface area (Å²) in [7, 11) is -6.00. The van der Waals surface area contributed by atoms with Crippen molar-refractivity contribution in [3.63, 3.8) is 0 Å². The van der Waals surface area contributed by atoms with E-state index in [1.165, 1.54) is 12.1 Å². The van der Waals surface area contributed by atoms with Gasteiger partial charge >= 0.3 is 19.2 Å². The largest absolute Gasteiger partial charge is 0.673 e. The smallest absolute Gasteiger partial charge is 0.478 e. The van der Waals surface area contributed by atoms with Gasteiger partial charge in [-0.25, -0.2) is 9.59 Å². The van der Waals surface area contributed by atoms with Crippen molar-refractivity contribution >= 4 is 24.9 Å². The molecule has 20 heavy (non-hydrogen) atoms. The summed E-state index contributed by atoms with van der Waals surface area (Å²) in [6, 6.07) is 3.46. The number of nitrogens with two attached hydrogens (primary N) is 1. The van der Waals surface area contributed by atoms with Crippen LogP contribution in [-0.4, -0.2) is 29.4 Å². The molecule has 0 aliphatic carbocycles. The molecule has 0 atom stereocenters. The van der Waals surface area contributed by atoms with Gasteiger partial charge in [-0.1, -0.05) is 0 Å². The maximum absolute atomic E-state index is 10.5. The van der Waals surface area contributed by atoms with E-state index in [2.05, 4.69) is 0 Å². The topological polar surface area (TPSA) is 148 Å². The van der Waals surface area contributed by atoms with E-state index in [0.717, 1.165) is 6.07 Å². The Bertz CT molecular complexity index is 468. The number of nitrogen functional groups attached to an aromatic ring is 1. The Kier molecular flexibility index (Phi) is 8.09. The van der Waals surface area contributed by atoms with Crippen molar-refractivity contribution in [3.05, 3.63) is 29.3 Å². The van der Waals surface area contributed by atoms with E-state index in [4.69, 9.17) is 26.7 Å². The van der Waals surface area contributed by atoms with E-state index < -0.39 is 19.2 Å². The first-order valence-corrected chi connectivity index (χ1v) is 4.47. The van der Waals surface area contributed by atoms with Crippen molar-refractivity contribution in [2.45, 2.75) is 0 Å². The molecule has 0 amide bonds. The second kappa shape index (κ2) is 8.30. The van der Waals surface area contributed by atoms with Gasteiger partial charge in [-0.15, -0.1) is 0 Å². The molecule has 0 aliphatic heterocycles. The molecule has 0 saturated heterocycles. The molecule has 0 heterocycles. The number of aromatic carboxylic acids is 2. The zero-order chi connectivity index (χ0) is 16.5. The number of anilines is 1. The molecule has 7 nitrogen and oxygen atoms in total. The van der Waals surface area contributed by atoms with Crippen LogP contribution in [0.15, 0.2) is 18.2 Å². The van der Waals surface area contributed by atoms with Crippen molar-refractivity contribution in [2.75, 3.05) is 5.73 Å². The van der Waals surface area contributed by atoms with E-state index in [1.54, 1.807) is 0 Å². The van der Waals surface area contributed by atoms with Crippen molar-refractivity contribution in [1.82, 2.24) is 0 Å². The monoisotopic (exact) mass is 297 g/mol. The molecular formula is C8H8BF4N3O4. The fourth-order valence-corrected chi connectivity index (χ4v) is 0.899. The molecular weight excluding hydrogens is 289 g/mol. The van der Waals surface area contributed by atoms with Crippen LogP contribution in [0.1, 0.15) is 20.7 Å². The quantitative estimate of drug-likeness (QED) is 0.266. The average molecular weight is 297 g/mol. The second-order valence-electron chi connectivity index (χ2n) is 2.95. The normalized spacial score (nSPS) is 9.30. The number of carboxylic acid groups (broad SMARTS) is 2. The molecule has 0 aromatic heterocycles. The maximum Gasteiger partial charge on any atom is 0.673 e. The Morgan fingerprint density at radius 3 is 1.45 bits per heavy atom. The van der Waals surface area contributed by atoms with E-state index in [0.29, 0.717) is 0 Å². The minimum Gasteiger partial charge on any atom is -0.478 e. The third-order valence-electron chi connectivity index (χ3n) is 1.45. The minimum absolute atomic E-state index is 0.123. The fraction of sp³-hybridized carbons (Fsp3) is 0. The molecule has 1 aromatic carbocycles. The number of carboxylic acids is 2. The SMILES string of the molecule is F[B-](F)(F)F.N#[NH+].Nc1cc(C(=O)O)cc(C(=O)O)c1. The number of diazo groups is 1. The summed E-state index contributed by atoms with van der Waals surface area (Å²) in [4.78, 5) is 21.0. The molecule has 0 saturated carbocycles. The number of hydrogen-bond acceptors (Lipinski definition) is 4. The van der Waals surface area contributed by atoms with Gasteiger partial charge in [-0.05, 0) is 18.2 Å². The van der Waals surface area contributed by atoms with Gasteiger partial charge in [0, 0.05) is 5.69 Å². The lowest BCUT2D eigenvalue weighted by Crippen LogP contribution is -2.11. The van der Waals surface area contributed by atoms with E-state index in [1.807, 2.05) is 0 Å². The van der Waals surface area contributed by atoms with Gasteiger partial charge in [0.1, 0.15) is 0 Å². The Morgan fingerprint density at radius 2 is 1.25 bits per heavy atom. The predicted octanol–water partition coefficient (Wildman–Crippen LogP) is 0.244. The highest BCUT2D eigenvalue weighted by atomic mass is 19.5. The molecule has 0 bridgehead atoms. The molecule has 110 valence electrons. The molecule has 0 unspecified atom stereocenters. The summed E-state index contributed by atoms with van der Waals surface area (Å²) in [6.45, 7) is 0. The van der Waals surface area contributed by atoms with Crippen molar-refractivity contribution < 1.29 is 42.5 Å². The number of nitrogens with one attached hydrogen (secondary N) is 1. The van der Waals surface area contributed by atoms with Crippen LogP contribution in [0, 0.1) is 5.39 Å². The van der Waals surface area contributed by atoms with Crippen LogP contribution in [-0.2, 0) is 0 Å². The van der Waals surface area contributed by atoms with Crippen LogP contribution >= 0.6 is 0 Å². The molecule has 0 fully saturated rings. The number of hydrogen-bond donors (Lipinski definition) is 4. The van der Waals surface area contributed by atoms with Gasteiger partial charge in [0.05, 0.1) is 16.5 Å². The van der Waals surface area contributed by atoms with Crippen LogP contribution in [0.4, 0.5) is 23.0 Å². The Labute approximate surface area is 109 Å². The average Bonchev–Trinajstić information content (AvgIpc) is 2.28. The van der Waals surface area contributed by atoms with Crippen molar-refractivity contribution in [2.24, 2.45) is 0 Å². The molecule has 0 spiro atoms. The van der Waals surface area contributed by atoms with Gasteiger partial charge in [0.15, 0.2) is 0 Å². The van der Waals surface area contributed by atoms with E-state index >= 15 is 0 Å². The third-order valence-corrected chi connectivity index (χ3v) is 1.45. The number of halogens is 4. The standard InChI is InChI=1S/C8H7NO4.BF4.N2/c9-6-2-4(7(10)11)1-5(3-6)8(12)13;2-1(3,4)5;1-2/h1-3H,9H2,(H,10,11)(H,12,13);;/q;-1;/p+1. The zero-order valence-electron chi connectivity index (χ0n) is 9.56. The number of nitrogens with zero attached hydrogens (tertiary/aromatic N) is 1. The summed E-state index contributed by atoms with van der Waals surface area (Å²) >= 11 is 0. The highest BCUT2D eigenvalue weighted by Gasteiger charge is 2.20. The summed E-state index contributed by atoms with van der Waals surface area (Å²) in [6.07, 6.45) is 0. The first-order chi connectivity index (χ1) is 9.00. The molecule has 5 N–H and O–H groups in total. The Hall–Kier alpha value is -2.84. The predicted molar refractivity (Wildman–Crippen MR) is 57.6 cm³/mol. The van der Waals surface area contributed by atoms with Crippen LogP contribution in [0.3, 0.4) is 0 Å². The number of benzene rings is 1. The molecule has 0 radical (unpaired) electrons. The fourth-order valence-electron chi connectivity index (χ4n) is 0.899.